The first-order chi connectivity index (χ1) is 15.1. The summed E-state index contributed by atoms with van der Waals surface area (Å²) in [6.45, 7) is 0.867. The maximum absolute atomic E-state index is 10.6. The number of hydrogen-bond donors (Lipinski definition) is 4. The molecule has 1 heterocycles. The van der Waals surface area contributed by atoms with Crippen molar-refractivity contribution in [1.29, 1.82) is 0 Å². The Kier molecular flexibility index (Phi) is 13.6. The Bertz CT molecular complexity index is 780. The van der Waals surface area contributed by atoms with Crippen LogP contribution in [0.4, 0.5) is 0 Å². The standard InChI is InChI=1S/C12H10O.C6H11N3O.C5H9NOS/c1-3-7-11(8-4-1)13-12-9-5-2-6-10-12;1-9-6(10)5(8)3-2-4-7;7-5-4-8-3-1-2-6-5/h1-10H;2-4H,7-8H2,1H3,(H,9,10);1-4H2,(H,6,7)/b;4-2-,5-3-;. The van der Waals surface area contributed by atoms with Gasteiger partial charge < -0.3 is 26.8 Å². The fourth-order valence-electron chi connectivity index (χ4n) is 2.11. The molecular weight excluding hydrogens is 412 g/mol. The van der Waals surface area contributed by atoms with Crippen LogP contribution in [-0.2, 0) is 9.59 Å². The molecule has 3 rings (SSSR count). The molecule has 2 aromatic rings. The summed E-state index contributed by atoms with van der Waals surface area (Å²) in [5, 5.41) is 5.15. The zero-order valence-electron chi connectivity index (χ0n) is 17.6. The minimum Gasteiger partial charge on any atom is -0.457 e. The summed E-state index contributed by atoms with van der Waals surface area (Å²) < 4.78 is 5.58. The number of thioether (sulfide) groups is 1. The van der Waals surface area contributed by atoms with Crippen molar-refractivity contribution in [2.45, 2.75) is 6.42 Å². The highest BCUT2D eigenvalue weighted by molar-refractivity contribution is 7.99. The first-order valence-corrected chi connectivity index (χ1v) is 10.9. The topological polar surface area (TPSA) is 119 Å². The number of para-hydroxylation sites is 2. The van der Waals surface area contributed by atoms with E-state index < -0.39 is 0 Å². The van der Waals surface area contributed by atoms with Gasteiger partial charge in [0.05, 0.1) is 11.4 Å². The average Bonchev–Trinajstić information content (AvgIpc) is 3.06. The van der Waals surface area contributed by atoms with Gasteiger partial charge >= 0.3 is 0 Å². The fraction of sp³-hybridized carbons (Fsp3) is 0.217. The maximum Gasteiger partial charge on any atom is 0.266 e. The summed E-state index contributed by atoms with van der Waals surface area (Å²) >= 11 is 1.71. The SMILES string of the molecule is CNC(=O)/C(N)=C/C=C\N.O=C1CSCCCN1.c1ccc(Oc2ccccc2)cc1. The zero-order valence-corrected chi connectivity index (χ0v) is 18.4. The van der Waals surface area contributed by atoms with Crippen molar-refractivity contribution in [3.8, 4) is 11.5 Å². The minimum atomic E-state index is -0.307. The summed E-state index contributed by atoms with van der Waals surface area (Å²) in [6, 6.07) is 19.5. The molecule has 0 bridgehead atoms. The van der Waals surface area contributed by atoms with E-state index >= 15 is 0 Å². The van der Waals surface area contributed by atoms with Crippen LogP contribution in [-0.4, -0.2) is 36.9 Å². The van der Waals surface area contributed by atoms with Crippen molar-refractivity contribution in [2.75, 3.05) is 25.1 Å². The molecule has 166 valence electrons. The van der Waals surface area contributed by atoms with Crippen molar-refractivity contribution >= 4 is 23.6 Å². The van der Waals surface area contributed by atoms with Gasteiger partial charge in [-0.2, -0.15) is 11.8 Å². The average molecular weight is 443 g/mol. The minimum absolute atomic E-state index is 0.143. The number of carbonyl (C=O) groups is 2. The third-order valence-corrected chi connectivity index (χ3v) is 4.66. The summed E-state index contributed by atoms with van der Waals surface area (Å²) in [6.07, 6.45) is 5.34. The van der Waals surface area contributed by atoms with E-state index in [9.17, 15) is 9.59 Å². The number of nitrogens with two attached hydrogens (primary N) is 2. The van der Waals surface area contributed by atoms with Gasteiger partial charge in [0.25, 0.3) is 5.91 Å². The summed E-state index contributed by atoms with van der Waals surface area (Å²) in [5.41, 5.74) is 10.4. The smallest absolute Gasteiger partial charge is 0.266 e. The van der Waals surface area contributed by atoms with Gasteiger partial charge in [0.2, 0.25) is 5.91 Å². The van der Waals surface area contributed by atoms with Crippen LogP contribution < -0.4 is 26.8 Å². The van der Waals surface area contributed by atoms with Crippen LogP contribution in [0.25, 0.3) is 0 Å². The van der Waals surface area contributed by atoms with E-state index in [4.69, 9.17) is 16.2 Å². The number of likely N-dealkylation sites (N-methyl/N-ethyl adjacent to an activating group) is 1. The van der Waals surface area contributed by atoms with Gasteiger partial charge in [0.1, 0.15) is 11.5 Å². The number of allylic oxidation sites excluding steroid dienone is 2. The van der Waals surface area contributed by atoms with E-state index in [1.807, 2.05) is 60.7 Å². The highest BCUT2D eigenvalue weighted by atomic mass is 32.2. The van der Waals surface area contributed by atoms with Crippen LogP contribution in [0.3, 0.4) is 0 Å². The fourth-order valence-corrected chi connectivity index (χ4v) is 2.89. The molecule has 8 heteroatoms. The Balaban J connectivity index is 0.000000241. The highest BCUT2D eigenvalue weighted by Gasteiger charge is 2.03. The summed E-state index contributed by atoms with van der Waals surface area (Å²) in [7, 11) is 1.51. The molecule has 7 nitrogen and oxygen atoms in total. The molecule has 1 saturated heterocycles. The van der Waals surface area contributed by atoms with Crippen LogP contribution in [0.1, 0.15) is 6.42 Å². The van der Waals surface area contributed by atoms with Crippen molar-refractivity contribution in [2.24, 2.45) is 11.5 Å². The number of ether oxygens (including phenoxy) is 1. The van der Waals surface area contributed by atoms with Gasteiger partial charge in [-0.3, -0.25) is 9.59 Å². The number of rotatable bonds is 4. The molecule has 2 aromatic carbocycles. The zero-order chi connectivity index (χ0) is 22.7. The third kappa shape index (κ3) is 12.7. The second-order valence-corrected chi connectivity index (χ2v) is 7.18. The molecule has 6 N–H and O–H groups in total. The van der Waals surface area contributed by atoms with Gasteiger partial charge in [0.15, 0.2) is 0 Å². The van der Waals surface area contributed by atoms with Crippen LogP contribution in [0.5, 0.6) is 11.5 Å². The van der Waals surface area contributed by atoms with Crippen LogP contribution >= 0.6 is 11.8 Å². The maximum atomic E-state index is 10.6. The predicted molar refractivity (Wildman–Crippen MR) is 128 cm³/mol. The quantitative estimate of drug-likeness (QED) is 0.427. The predicted octanol–water partition coefficient (Wildman–Crippen LogP) is 2.77. The van der Waals surface area contributed by atoms with E-state index in [1.54, 1.807) is 11.8 Å². The Morgan fingerprint density at radius 3 is 2.19 bits per heavy atom. The number of benzene rings is 2. The molecule has 0 aromatic heterocycles. The van der Waals surface area contributed by atoms with Gasteiger partial charge in [-0.1, -0.05) is 36.4 Å². The molecule has 0 unspecified atom stereocenters. The van der Waals surface area contributed by atoms with E-state index in [0.717, 1.165) is 30.2 Å². The van der Waals surface area contributed by atoms with E-state index in [2.05, 4.69) is 10.6 Å². The second-order valence-electron chi connectivity index (χ2n) is 6.07. The lowest BCUT2D eigenvalue weighted by molar-refractivity contribution is -0.118. The second kappa shape index (κ2) is 16.4. The lowest BCUT2D eigenvalue weighted by Gasteiger charge is -2.03. The molecule has 0 aliphatic carbocycles. The Hall–Kier alpha value is -3.39. The molecular formula is C23H30N4O3S. The van der Waals surface area contributed by atoms with Gasteiger partial charge in [0, 0.05) is 13.6 Å². The molecule has 0 radical (unpaired) electrons. The Morgan fingerprint density at radius 2 is 1.68 bits per heavy atom. The number of nitrogens with one attached hydrogen (secondary N) is 2. The first kappa shape index (κ1) is 25.6. The first-order valence-electron chi connectivity index (χ1n) is 9.75. The normalized spacial score (nSPS) is 13.5. The third-order valence-electron chi connectivity index (χ3n) is 3.62. The summed E-state index contributed by atoms with van der Waals surface area (Å²) in [5.74, 6) is 3.40. The van der Waals surface area contributed by atoms with Gasteiger partial charge in [-0.25, -0.2) is 0 Å². The van der Waals surface area contributed by atoms with Gasteiger partial charge in [-0.15, -0.1) is 0 Å². The molecule has 1 aliphatic rings. The molecule has 1 fully saturated rings. The summed E-state index contributed by atoms with van der Waals surface area (Å²) in [4.78, 5) is 21.2. The highest BCUT2D eigenvalue weighted by Crippen LogP contribution is 2.19. The number of hydrogen-bond acceptors (Lipinski definition) is 6. The molecule has 0 saturated carbocycles. The molecule has 0 atom stereocenters. The molecule has 2 amide bonds. The molecule has 1 aliphatic heterocycles. The van der Waals surface area contributed by atoms with Crippen molar-refractivity contribution in [3.05, 3.63) is 84.7 Å². The Labute approximate surface area is 187 Å². The Morgan fingerprint density at radius 1 is 1.10 bits per heavy atom. The monoisotopic (exact) mass is 442 g/mol. The lowest BCUT2D eigenvalue weighted by Crippen LogP contribution is -2.24. The lowest BCUT2D eigenvalue weighted by atomic mass is 10.3. The largest absolute Gasteiger partial charge is 0.457 e. The van der Waals surface area contributed by atoms with E-state index in [-0.39, 0.29) is 17.5 Å². The van der Waals surface area contributed by atoms with Crippen molar-refractivity contribution in [1.82, 2.24) is 10.6 Å². The van der Waals surface area contributed by atoms with Crippen LogP contribution in [0, 0.1) is 0 Å². The van der Waals surface area contributed by atoms with Crippen LogP contribution in [0.2, 0.25) is 0 Å². The number of amides is 2. The van der Waals surface area contributed by atoms with Crippen molar-refractivity contribution in [3.63, 3.8) is 0 Å². The number of carbonyl (C=O) groups excluding carboxylic acids is 2. The molecule has 0 spiro atoms. The van der Waals surface area contributed by atoms with Gasteiger partial charge in [-0.05, 0) is 54.8 Å². The van der Waals surface area contributed by atoms with E-state index in [0.29, 0.717) is 5.75 Å². The van der Waals surface area contributed by atoms with E-state index in [1.165, 1.54) is 25.4 Å². The van der Waals surface area contributed by atoms with Crippen molar-refractivity contribution < 1.29 is 14.3 Å². The molecule has 31 heavy (non-hydrogen) atoms. The van der Waals surface area contributed by atoms with Crippen LogP contribution in [0.15, 0.2) is 84.7 Å².